The van der Waals surface area contributed by atoms with Crippen LogP contribution in [-0.4, -0.2) is 83.5 Å². The summed E-state index contributed by atoms with van der Waals surface area (Å²) in [7, 11) is 12.8. The largest absolute Gasteiger partial charge is 0.493 e. The first kappa shape index (κ1) is 31.7. The highest BCUT2D eigenvalue weighted by Gasteiger charge is 2.26. The summed E-state index contributed by atoms with van der Waals surface area (Å²) in [6.45, 7) is 2.83. The molecular formula is C32H38I2N2O5+2. The molecule has 0 saturated carbocycles. The number of carbonyl (C=O) groups excluding carboxylic acids is 1. The molecule has 7 nitrogen and oxygen atoms in total. The number of ether oxygens (including phenoxy) is 2. The van der Waals surface area contributed by atoms with Gasteiger partial charge in [-0.25, -0.2) is 4.79 Å². The van der Waals surface area contributed by atoms with Gasteiger partial charge in [-0.2, -0.15) is 0 Å². The van der Waals surface area contributed by atoms with Crippen molar-refractivity contribution >= 4 is 62.1 Å². The molecule has 0 radical (unpaired) electrons. The minimum Gasteiger partial charge on any atom is -0.493 e. The molecular weight excluding hydrogens is 746 g/mol. The Bertz CT molecular complexity index is 1580. The Hall–Kier alpha value is -2.22. The van der Waals surface area contributed by atoms with Crippen molar-refractivity contribution < 1.29 is 27.7 Å². The smallest absolute Gasteiger partial charge is 0.338 e. The van der Waals surface area contributed by atoms with E-state index in [1.165, 1.54) is 0 Å². The van der Waals surface area contributed by atoms with E-state index < -0.39 is 0 Å². The molecule has 41 heavy (non-hydrogen) atoms. The zero-order chi connectivity index (χ0) is 29.9. The van der Waals surface area contributed by atoms with Crippen molar-refractivity contribution in [2.75, 3.05) is 68.6 Å². The molecule has 2 aromatic rings. The van der Waals surface area contributed by atoms with Crippen molar-refractivity contribution in [3.05, 3.63) is 71.5 Å². The van der Waals surface area contributed by atoms with E-state index in [0.29, 0.717) is 43.0 Å². The van der Waals surface area contributed by atoms with Gasteiger partial charge in [0.1, 0.15) is 14.9 Å². The maximum Gasteiger partial charge on any atom is 0.338 e. The fourth-order valence-corrected chi connectivity index (χ4v) is 6.48. The molecule has 1 aliphatic carbocycles. The fraction of sp³-hybridized carbons (Fsp3) is 0.375. The highest BCUT2D eigenvalue weighted by atomic mass is 127. The van der Waals surface area contributed by atoms with E-state index in [0.717, 1.165) is 57.0 Å². The van der Waals surface area contributed by atoms with Gasteiger partial charge in [-0.1, -0.05) is 18.2 Å². The molecule has 2 aliphatic rings. The second-order valence-corrected chi connectivity index (χ2v) is 14.5. The SMILES string of the molecule is C[N+](C)(C)CCCOC(=O)c1ccccc1-c1c2cc(I)c(=O)c(I)c-2oc2cc(OCCC[N+](C)(C)C)ccc12. The van der Waals surface area contributed by atoms with Crippen LogP contribution in [0.25, 0.3) is 33.4 Å². The zero-order valence-corrected chi connectivity index (χ0v) is 28.9. The number of quaternary nitrogens is 2. The average Bonchev–Trinajstić information content (AvgIpc) is 2.90. The predicted octanol–water partition coefficient (Wildman–Crippen LogP) is 6.50. The normalized spacial score (nSPS) is 12.2. The summed E-state index contributed by atoms with van der Waals surface area (Å²) in [6.07, 6.45) is 1.69. The third-order valence-corrected chi connectivity index (χ3v) is 8.48. The lowest BCUT2D eigenvalue weighted by Gasteiger charge is -2.23. The van der Waals surface area contributed by atoms with E-state index in [2.05, 4.69) is 87.5 Å². The third kappa shape index (κ3) is 7.99. The van der Waals surface area contributed by atoms with Crippen molar-refractivity contribution in [2.45, 2.75) is 12.8 Å². The number of hydrogen-bond donors (Lipinski definition) is 0. The van der Waals surface area contributed by atoms with Crippen LogP contribution < -0.4 is 10.2 Å². The van der Waals surface area contributed by atoms with E-state index in [1.54, 1.807) is 6.07 Å². The molecule has 1 heterocycles. The van der Waals surface area contributed by atoms with Crippen molar-refractivity contribution in [3.8, 4) is 28.2 Å². The van der Waals surface area contributed by atoms with E-state index in [4.69, 9.17) is 13.9 Å². The predicted molar refractivity (Wildman–Crippen MR) is 181 cm³/mol. The van der Waals surface area contributed by atoms with Gasteiger partial charge in [-0.05, 0) is 75.0 Å². The number of benzene rings is 3. The minimum atomic E-state index is -0.369. The quantitative estimate of drug-likeness (QED) is 0.0572. The molecule has 1 aliphatic heterocycles. The standard InChI is InChI=1S/C32H38I2N2O5/c1-35(2,3)15-9-17-39-21-13-14-24-27(19-21)41-31-25(20-26(33)30(37)29(31)34)28(24)22-11-7-8-12-23(22)32(38)40-18-10-16-36(4,5)6/h7-8,11-14,19-20H,9-10,15-18H2,1-6H3/q+2. The molecule has 0 spiro atoms. The zero-order valence-electron chi connectivity index (χ0n) is 24.6. The molecule has 0 aromatic heterocycles. The lowest BCUT2D eigenvalue weighted by atomic mass is 9.91. The number of fused-ring (bicyclic) bond motifs is 2. The molecule has 2 aromatic carbocycles. The molecule has 0 unspecified atom stereocenters. The van der Waals surface area contributed by atoms with Gasteiger partial charge in [0.05, 0.1) is 77.7 Å². The number of carbonyl (C=O) groups is 1. The summed E-state index contributed by atoms with van der Waals surface area (Å²) in [4.78, 5) is 26.3. The van der Waals surface area contributed by atoms with Gasteiger partial charge in [0, 0.05) is 35.4 Å². The number of esters is 1. The van der Waals surface area contributed by atoms with Crippen LogP contribution in [-0.2, 0) is 4.74 Å². The maximum absolute atomic E-state index is 13.4. The molecule has 0 N–H and O–H groups in total. The summed E-state index contributed by atoms with van der Waals surface area (Å²) in [5.41, 5.74) is 3.31. The van der Waals surface area contributed by atoms with Gasteiger partial charge >= 0.3 is 5.97 Å². The van der Waals surface area contributed by atoms with Crippen LogP contribution in [0.1, 0.15) is 23.2 Å². The number of hydrogen-bond acceptors (Lipinski definition) is 5. The molecule has 0 amide bonds. The molecule has 0 bridgehead atoms. The highest BCUT2D eigenvalue weighted by molar-refractivity contribution is 14.1. The topological polar surface area (TPSA) is 65.7 Å². The number of rotatable bonds is 11. The Kier molecular flexibility index (Phi) is 10.0. The summed E-state index contributed by atoms with van der Waals surface area (Å²) < 4.78 is 20.9. The molecule has 4 rings (SSSR count). The van der Waals surface area contributed by atoms with Crippen LogP contribution in [0.2, 0.25) is 0 Å². The van der Waals surface area contributed by atoms with Gasteiger partial charge in [0.15, 0.2) is 5.76 Å². The van der Waals surface area contributed by atoms with Crippen molar-refractivity contribution in [1.29, 1.82) is 0 Å². The van der Waals surface area contributed by atoms with E-state index in [-0.39, 0.29) is 11.4 Å². The summed E-state index contributed by atoms with van der Waals surface area (Å²) in [5.74, 6) is 0.818. The molecule has 9 heteroatoms. The van der Waals surface area contributed by atoms with E-state index in [9.17, 15) is 9.59 Å². The van der Waals surface area contributed by atoms with Crippen molar-refractivity contribution in [1.82, 2.24) is 0 Å². The molecule has 0 atom stereocenters. The number of halogens is 2. The first-order chi connectivity index (χ1) is 19.2. The molecule has 0 saturated heterocycles. The first-order valence-electron chi connectivity index (χ1n) is 13.6. The van der Waals surface area contributed by atoms with Gasteiger partial charge in [-0.3, -0.25) is 4.79 Å². The Balaban J connectivity index is 1.79. The lowest BCUT2D eigenvalue weighted by molar-refractivity contribution is -0.870. The third-order valence-electron chi connectivity index (χ3n) is 6.70. The van der Waals surface area contributed by atoms with Crippen LogP contribution >= 0.6 is 45.2 Å². The Labute approximate surface area is 269 Å². The Morgan fingerprint density at radius 3 is 2.20 bits per heavy atom. The van der Waals surface area contributed by atoms with Crippen LogP contribution in [0.3, 0.4) is 0 Å². The first-order valence-corrected chi connectivity index (χ1v) is 15.8. The average molecular weight is 784 g/mol. The Morgan fingerprint density at radius 2 is 1.51 bits per heavy atom. The minimum absolute atomic E-state index is 0.0783. The fourth-order valence-electron chi connectivity index (χ4n) is 4.69. The second-order valence-electron chi connectivity index (χ2n) is 12.3. The highest BCUT2D eigenvalue weighted by Crippen LogP contribution is 2.44. The Morgan fingerprint density at radius 1 is 0.854 bits per heavy atom. The lowest BCUT2D eigenvalue weighted by Crippen LogP contribution is -2.35. The summed E-state index contributed by atoms with van der Waals surface area (Å²) in [6, 6.07) is 15.1. The summed E-state index contributed by atoms with van der Waals surface area (Å²) >= 11 is 4.12. The van der Waals surface area contributed by atoms with E-state index in [1.807, 2.05) is 42.5 Å². The van der Waals surface area contributed by atoms with Crippen LogP contribution in [0.4, 0.5) is 0 Å². The summed E-state index contributed by atoms with van der Waals surface area (Å²) in [5, 5.41) is 0.826. The van der Waals surface area contributed by atoms with Gasteiger partial charge in [-0.15, -0.1) is 0 Å². The van der Waals surface area contributed by atoms with Gasteiger partial charge in [0.25, 0.3) is 0 Å². The van der Waals surface area contributed by atoms with Crippen molar-refractivity contribution in [2.24, 2.45) is 0 Å². The van der Waals surface area contributed by atoms with Crippen molar-refractivity contribution in [3.63, 3.8) is 0 Å². The second kappa shape index (κ2) is 13.0. The molecule has 218 valence electrons. The van der Waals surface area contributed by atoms with Crippen LogP contribution in [0, 0.1) is 7.14 Å². The monoisotopic (exact) mass is 784 g/mol. The van der Waals surface area contributed by atoms with Gasteiger partial charge in [0.2, 0.25) is 5.43 Å². The van der Waals surface area contributed by atoms with E-state index >= 15 is 0 Å². The number of nitrogens with zero attached hydrogens (tertiary/aromatic N) is 2. The van der Waals surface area contributed by atoms with Crippen LogP contribution in [0.15, 0.2) is 57.7 Å². The van der Waals surface area contributed by atoms with Gasteiger partial charge < -0.3 is 22.9 Å². The van der Waals surface area contributed by atoms with Crippen LogP contribution in [0.5, 0.6) is 5.75 Å². The molecule has 0 fully saturated rings. The maximum atomic E-state index is 13.4.